The average molecular weight is 355 g/mol. The highest BCUT2D eigenvalue weighted by Gasteiger charge is 2.28. The highest BCUT2D eigenvalue weighted by Crippen LogP contribution is 2.28. The summed E-state index contributed by atoms with van der Waals surface area (Å²) in [5, 5.41) is 0. The number of morpholine rings is 1. The number of amides is 1. The zero-order chi connectivity index (χ0) is 17.9. The smallest absolute Gasteiger partial charge is 0.257 e. The summed E-state index contributed by atoms with van der Waals surface area (Å²) in [5.74, 6) is 0.500. The molecule has 4 rings (SSSR count). The van der Waals surface area contributed by atoms with Crippen molar-refractivity contribution < 1.29 is 13.9 Å². The molecular formula is C20H22FN3O2. The van der Waals surface area contributed by atoms with E-state index in [0.29, 0.717) is 31.1 Å². The van der Waals surface area contributed by atoms with Gasteiger partial charge in [-0.05, 0) is 42.7 Å². The summed E-state index contributed by atoms with van der Waals surface area (Å²) in [6, 6.07) is 10.0. The Kier molecular flexibility index (Phi) is 4.84. The number of carbonyl (C=O) groups excluding carboxylic acids is 1. The van der Waals surface area contributed by atoms with Crippen molar-refractivity contribution in [3.63, 3.8) is 0 Å². The van der Waals surface area contributed by atoms with Gasteiger partial charge in [-0.3, -0.25) is 4.79 Å². The van der Waals surface area contributed by atoms with Gasteiger partial charge in [0, 0.05) is 32.4 Å². The van der Waals surface area contributed by atoms with E-state index in [4.69, 9.17) is 4.74 Å². The number of pyridine rings is 1. The second-order valence-corrected chi connectivity index (χ2v) is 6.73. The van der Waals surface area contributed by atoms with Crippen LogP contribution in [0.1, 0.15) is 34.9 Å². The number of nitrogens with zero attached hydrogens (tertiary/aromatic N) is 3. The molecule has 3 heterocycles. The van der Waals surface area contributed by atoms with Crippen LogP contribution in [0.4, 0.5) is 10.2 Å². The lowest BCUT2D eigenvalue weighted by Gasteiger charge is -2.35. The third kappa shape index (κ3) is 3.42. The quantitative estimate of drug-likeness (QED) is 0.849. The molecule has 1 aromatic carbocycles. The molecule has 2 aliphatic rings. The molecule has 6 heteroatoms. The molecule has 1 atom stereocenters. The average Bonchev–Trinajstić information content (AvgIpc) is 3.23. The summed E-state index contributed by atoms with van der Waals surface area (Å²) in [6.45, 7) is 3.43. The van der Waals surface area contributed by atoms with E-state index in [9.17, 15) is 9.18 Å². The number of anilines is 1. The molecule has 0 aliphatic carbocycles. The molecule has 26 heavy (non-hydrogen) atoms. The van der Waals surface area contributed by atoms with Crippen molar-refractivity contribution in [3.8, 4) is 0 Å². The van der Waals surface area contributed by atoms with Crippen molar-refractivity contribution >= 4 is 11.7 Å². The first-order valence-corrected chi connectivity index (χ1v) is 9.09. The maximum Gasteiger partial charge on any atom is 0.257 e. The number of likely N-dealkylation sites (tertiary alicyclic amines) is 1. The van der Waals surface area contributed by atoms with Gasteiger partial charge in [-0.25, -0.2) is 9.37 Å². The number of hydrogen-bond acceptors (Lipinski definition) is 4. The molecule has 5 nitrogen and oxygen atoms in total. The van der Waals surface area contributed by atoms with Crippen LogP contribution in [-0.2, 0) is 4.74 Å². The lowest BCUT2D eigenvalue weighted by atomic mass is 10.1. The molecule has 0 bridgehead atoms. The first-order chi connectivity index (χ1) is 12.7. The topological polar surface area (TPSA) is 45.7 Å². The third-order valence-electron chi connectivity index (χ3n) is 5.02. The Labute approximate surface area is 152 Å². The predicted octanol–water partition coefficient (Wildman–Crippen LogP) is 3.03. The van der Waals surface area contributed by atoms with Crippen molar-refractivity contribution in [1.29, 1.82) is 0 Å². The Bertz CT molecular complexity index is 775. The molecule has 0 N–H and O–H groups in total. The number of rotatable bonds is 3. The fourth-order valence-electron chi connectivity index (χ4n) is 3.63. The van der Waals surface area contributed by atoms with Crippen LogP contribution in [-0.4, -0.2) is 48.6 Å². The standard InChI is InChI=1S/C20H22FN3O2/c21-16-7-5-15(6-8-16)18-14-24(12-13-26-18)19-17(4-3-9-22-19)20(25)23-10-1-2-11-23/h3-9,18H,1-2,10-14H2/t18-/m0/s1. The van der Waals surface area contributed by atoms with Gasteiger partial charge in [0.15, 0.2) is 0 Å². The van der Waals surface area contributed by atoms with E-state index >= 15 is 0 Å². The first kappa shape index (κ1) is 17.0. The van der Waals surface area contributed by atoms with E-state index in [2.05, 4.69) is 9.88 Å². The molecule has 1 amide bonds. The van der Waals surface area contributed by atoms with E-state index in [-0.39, 0.29) is 17.8 Å². The molecule has 2 saturated heterocycles. The van der Waals surface area contributed by atoms with Crippen molar-refractivity contribution in [3.05, 3.63) is 59.5 Å². The number of hydrogen-bond donors (Lipinski definition) is 0. The second kappa shape index (κ2) is 7.41. The van der Waals surface area contributed by atoms with E-state index in [1.165, 1.54) is 12.1 Å². The Balaban J connectivity index is 1.57. The van der Waals surface area contributed by atoms with Crippen LogP contribution in [0, 0.1) is 5.82 Å². The van der Waals surface area contributed by atoms with Crippen molar-refractivity contribution in [2.75, 3.05) is 37.7 Å². The molecule has 136 valence electrons. The minimum Gasteiger partial charge on any atom is -0.370 e. The van der Waals surface area contributed by atoms with E-state index in [1.807, 2.05) is 17.0 Å². The molecule has 2 aromatic rings. The van der Waals surface area contributed by atoms with Crippen LogP contribution in [0.25, 0.3) is 0 Å². The fraction of sp³-hybridized carbons (Fsp3) is 0.400. The van der Waals surface area contributed by atoms with Crippen molar-refractivity contribution in [1.82, 2.24) is 9.88 Å². The van der Waals surface area contributed by atoms with Gasteiger partial charge in [0.25, 0.3) is 5.91 Å². The molecule has 2 aliphatic heterocycles. The van der Waals surface area contributed by atoms with Crippen LogP contribution in [0.3, 0.4) is 0 Å². The Morgan fingerprint density at radius 1 is 1.12 bits per heavy atom. The second-order valence-electron chi connectivity index (χ2n) is 6.73. The molecule has 0 spiro atoms. The zero-order valence-electron chi connectivity index (χ0n) is 14.6. The van der Waals surface area contributed by atoms with Gasteiger partial charge in [-0.2, -0.15) is 0 Å². The van der Waals surface area contributed by atoms with Gasteiger partial charge in [0.05, 0.1) is 12.2 Å². The summed E-state index contributed by atoms with van der Waals surface area (Å²) in [7, 11) is 0. The summed E-state index contributed by atoms with van der Waals surface area (Å²) >= 11 is 0. The predicted molar refractivity (Wildman–Crippen MR) is 96.7 cm³/mol. The SMILES string of the molecule is O=C(c1cccnc1N1CCO[C@H](c2ccc(F)cc2)C1)N1CCCC1. The molecular weight excluding hydrogens is 333 g/mol. The van der Waals surface area contributed by atoms with Gasteiger partial charge in [-0.15, -0.1) is 0 Å². The van der Waals surface area contributed by atoms with E-state index in [0.717, 1.165) is 31.5 Å². The van der Waals surface area contributed by atoms with Crippen LogP contribution >= 0.6 is 0 Å². The largest absolute Gasteiger partial charge is 0.370 e. The van der Waals surface area contributed by atoms with Gasteiger partial charge in [0.1, 0.15) is 17.7 Å². The first-order valence-electron chi connectivity index (χ1n) is 9.09. The van der Waals surface area contributed by atoms with E-state index in [1.54, 1.807) is 18.3 Å². The normalized spacial score (nSPS) is 20.4. The zero-order valence-corrected chi connectivity index (χ0v) is 14.6. The summed E-state index contributed by atoms with van der Waals surface area (Å²) in [6.07, 6.45) is 3.68. The van der Waals surface area contributed by atoms with Crippen LogP contribution in [0.2, 0.25) is 0 Å². The van der Waals surface area contributed by atoms with Crippen LogP contribution in [0.15, 0.2) is 42.6 Å². The number of aromatic nitrogens is 1. The lowest BCUT2D eigenvalue weighted by molar-refractivity contribution is 0.0393. The minimum absolute atomic E-state index is 0.0513. The Morgan fingerprint density at radius 3 is 2.65 bits per heavy atom. The minimum atomic E-state index is -0.260. The van der Waals surface area contributed by atoms with Crippen LogP contribution in [0.5, 0.6) is 0 Å². The number of carbonyl (C=O) groups is 1. The third-order valence-corrected chi connectivity index (χ3v) is 5.02. The van der Waals surface area contributed by atoms with Crippen molar-refractivity contribution in [2.45, 2.75) is 18.9 Å². The Hall–Kier alpha value is -2.47. The summed E-state index contributed by atoms with van der Waals surface area (Å²) in [5.41, 5.74) is 1.58. The highest BCUT2D eigenvalue weighted by molar-refractivity contribution is 5.99. The Morgan fingerprint density at radius 2 is 1.88 bits per heavy atom. The summed E-state index contributed by atoms with van der Waals surface area (Å²) in [4.78, 5) is 21.4. The number of benzene rings is 1. The van der Waals surface area contributed by atoms with Gasteiger partial charge in [-0.1, -0.05) is 12.1 Å². The van der Waals surface area contributed by atoms with E-state index < -0.39 is 0 Å². The maximum absolute atomic E-state index is 13.2. The summed E-state index contributed by atoms with van der Waals surface area (Å²) < 4.78 is 19.1. The molecule has 0 radical (unpaired) electrons. The van der Waals surface area contributed by atoms with Crippen LogP contribution < -0.4 is 4.90 Å². The van der Waals surface area contributed by atoms with Gasteiger partial charge < -0.3 is 14.5 Å². The number of halogens is 1. The lowest BCUT2D eigenvalue weighted by Crippen LogP contribution is -2.40. The molecule has 0 unspecified atom stereocenters. The molecule has 1 aromatic heterocycles. The van der Waals surface area contributed by atoms with Gasteiger partial charge in [0.2, 0.25) is 0 Å². The monoisotopic (exact) mass is 355 g/mol. The maximum atomic E-state index is 13.2. The number of ether oxygens (including phenoxy) is 1. The molecule has 2 fully saturated rings. The van der Waals surface area contributed by atoms with Gasteiger partial charge >= 0.3 is 0 Å². The highest BCUT2D eigenvalue weighted by atomic mass is 19.1. The fourth-order valence-corrected chi connectivity index (χ4v) is 3.63. The van der Waals surface area contributed by atoms with Crippen molar-refractivity contribution in [2.24, 2.45) is 0 Å². The molecule has 0 saturated carbocycles.